The van der Waals surface area contributed by atoms with E-state index >= 15 is 0 Å². The second-order valence-electron chi connectivity index (χ2n) is 9.10. The Morgan fingerprint density at radius 2 is 1.97 bits per heavy atom. The number of H-pyrrole nitrogens is 1. The minimum absolute atomic E-state index is 0.143. The second kappa shape index (κ2) is 11.7. The Bertz CT molecular complexity index is 1060. The van der Waals surface area contributed by atoms with Gasteiger partial charge in [-0.2, -0.15) is 0 Å². The van der Waals surface area contributed by atoms with E-state index in [-0.39, 0.29) is 22.3 Å². The summed E-state index contributed by atoms with van der Waals surface area (Å²) in [4.78, 5) is 42.7. The standard InChI is InChI=1S/C24H33N5O4S2/c25-18(12-16-14-27-19-7-4-3-6-17(16)19)23(32)29-15-24(34-10-11-35-24)13-20(29)22(31)26-9-5-1-2-8-21(30)28-33/h3-4,6-7,14,18,20,27,33H,1-2,5,8-13,15,25H2,(H,26,31)(H,28,30)/t18-,20-/m0/s1. The number of nitrogens with zero attached hydrogens (tertiary/aromatic N) is 1. The molecule has 2 atom stereocenters. The number of rotatable bonds is 10. The van der Waals surface area contributed by atoms with Crippen molar-refractivity contribution in [1.29, 1.82) is 0 Å². The van der Waals surface area contributed by atoms with E-state index < -0.39 is 18.0 Å². The van der Waals surface area contributed by atoms with Crippen LogP contribution in [0, 0.1) is 0 Å². The van der Waals surface area contributed by atoms with Crippen LogP contribution in [0.2, 0.25) is 0 Å². The van der Waals surface area contributed by atoms with Gasteiger partial charge >= 0.3 is 0 Å². The van der Waals surface area contributed by atoms with Gasteiger partial charge in [-0.25, -0.2) is 5.48 Å². The molecule has 35 heavy (non-hydrogen) atoms. The van der Waals surface area contributed by atoms with Crippen LogP contribution in [-0.4, -0.2) is 73.6 Å². The van der Waals surface area contributed by atoms with Crippen molar-refractivity contribution in [3.05, 3.63) is 36.0 Å². The Balaban J connectivity index is 1.37. The van der Waals surface area contributed by atoms with E-state index in [4.69, 9.17) is 10.9 Å². The number of aromatic amines is 1. The summed E-state index contributed by atoms with van der Waals surface area (Å²) in [5.74, 6) is 1.30. The van der Waals surface area contributed by atoms with Gasteiger partial charge in [-0.3, -0.25) is 19.6 Å². The maximum Gasteiger partial charge on any atom is 0.243 e. The Hall–Kier alpha value is -2.21. The number of carbonyl (C=O) groups is 3. The van der Waals surface area contributed by atoms with Crippen LogP contribution in [0.3, 0.4) is 0 Å². The average Bonchev–Trinajstić information content (AvgIpc) is 3.60. The lowest BCUT2D eigenvalue weighted by molar-refractivity contribution is -0.139. The summed E-state index contributed by atoms with van der Waals surface area (Å²) < 4.78 is -0.143. The molecule has 11 heteroatoms. The number of fused-ring (bicyclic) bond motifs is 1. The first-order valence-corrected chi connectivity index (χ1v) is 14.0. The number of nitrogens with one attached hydrogen (secondary N) is 3. The number of para-hydroxylation sites is 1. The Kier molecular flexibility index (Phi) is 8.64. The molecule has 6 N–H and O–H groups in total. The molecule has 190 valence electrons. The molecule has 0 bridgehead atoms. The number of amides is 3. The summed E-state index contributed by atoms with van der Waals surface area (Å²) in [6, 6.07) is 6.67. The van der Waals surface area contributed by atoms with Crippen LogP contribution >= 0.6 is 23.5 Å². The molecule has 0 radical (unpaired) electrons. The topological polar surface area (TPSA) is 141 Å². The molecular formula is C24H33N5O4S2. The summed E-state index contributed by atoms with van der Waals surface area (Å²) in [5, 5.41) is 12.6. The molecule has 4 rings (SSSR count). The van der Waals surface area contributed by atoms with Crippen molar-refractivity contribution in [3.8, 4) is 0 Å². The number of benzene rings is 1. The molecule has 3 amide bonds. The minimum atomic E-state index is -0.728. The van der Waals surface area contributed by atoms with E-state index in [9.17, 15) is 14.4 Å². The molecule has 1 aromatic carbocycles. The van der Waals surface area contributed by atoms with Gasteiger partial charge in [0.2, 0.25) is 17.7 Å². The van der Waals surface area contributed by atoms with Gasteiger partial charge in [0.25, 0.3) is 0 Å². The third-order valence-electron chi connectivity index (χ3n) is 6.63. The SMILES string of the molecule is N[C@@H](Cc1c[nH]c2ccccc12)C(=O)N1CC2(C[C@H]1C(=O)NCCCCCC(=O)NO)SCCS2. The molecule has 1 aromatic heterocycles. The number of unbranched alkanes of at least 4 members (excludes halogenated alkanes) is 2. The second-order valence-corrected chi connectivity index (χ2v) is 12.3. The molecule has 1 spiro atoms. The fourth-order valence-electron chi connectivity index (χ4n) is 4.82. The number of hydroxylamine groups is 1. The van der Waals surface area contributed by atoms with E-state index in [1.807, 2.05) is 54.0 Å². The highest BCUT2D eigenvalue weighted by molar-refractivity contribution is 8.21. The van der Waals surface area contributed by atoms with Gasteiger partial charge in [-0.05, 0) is 30.9 Å². The van der Waals surface area contributed by atoms with Crippen molar-refractivity contribution >= 4 is 52.1 Å². The molecule has 0 saturated carbocycles. The monoisotopic (exact) mass is 519 g/mol. The average molecular weight is 520 g/mol. The highest BCUT2D eigenvalue weighted by Crippen LogP contribution is 2.51. The van der Waals surface area contributed by atoms with Crippen molar-refractivity contribution in [2.45, 2.75) is 54.7 Å². The minimum Gasteiger partial charge on any atom is -0.361 e. The van der Waals surface area contributed by atoms with Crippen molar-refractivity contribution in [2.75, 3.05) is 24.6 Å². The molecule has 2 saturated heterocycles. The maximum absolute atomic E-state index is 13.5. The van der Waals surface area contributed by atoms with Crippen LogP contribution in [0.25, 0.3) is 10.9 Å². The Morgan fingerprint density at radius 1 is 1.20 bits per heavy atom. The summed E-state index contributed by atoms with van der Waals surface area (Å²) in [6.45, 7) is 1.00. The number of thioether (sulfide) groups is 2. The summed E-state index contributed by atoms with van der Waals surface area (Å²) >= 11 is 3.68. The first-order valence-electron chi connectivity index (χ1n) is 12.0. The molecule has 2 aromatic rings. The number of nitrogens with two attached hydrogens (primary N) is 1. The number of aromatic nitrogens is 1. The van der Waals surface area contributed by atoms with Gasteiger partial charge in [0.1, 0.15) is 6.04 Å². The zero-order valence-corrected chi connectivity index (χ0v) is 21.3. The quantitative estimate of drug-likeness (QED) is 0.184. The van der Waals surface area contributed by atoms with E-state index in [2.05, 4.69) is 10.3 Å². The van der Waals surface area contributed by atoms with Gasteiger partial charge < -0.3 is 20.9 Å². The Labute approximate surface area is 213 Å². The summed E-state index contributed by atoms with van der Waals surface area (Å²) in [7, 11) is 0. The molecule has 2 aliphatic heterocycles. The highest BCUT2D eigenvalue weighted by Gasteiger charge is 2.51. The summed E-state index contributed by atoms with van der Waals surface area (Å²) in [6.07, 6.45) is 5.29. The van der Waals surface area contributed by atoms with E-state index in [0.29, 0.717) is 32.4 Å². The Morgan fingerprint density at radius 3 is 2.74 bits per heavy atom. The lowest BCUT2D eigenvalue weighted by atomic mass is 10.0. The summed E-state index contributed by atoms with van der Waals surface area (Å²) in [5.41, 5.74) is 10.0. The number of hydrogen-bond donors (Lipinski definition) is 5. The highest BCUT2D eigenvalue weighted by atomic mass is 32.2. The number of carbonyl (C=O) groups excluding carboxylic acids is 3. The van der Waals surface area contributed by atoms with Gasteiger partial charge in [0, 0.05) is 54.5 Å². The van der Waals surface area contributed by atoms with Gasteiger partial charge in [-0.1, -0.05) is 24.6 Å². The largest absolute Gasteiger partial charge is 0.361 e. The smallest absolute Gasteiger partial charge is 0.243 e. The van der Waals surface area contributed by atoms with Gasteiger partial charge in [0.05, 0.1) is 10.1 Å². The third-order valence-corrected chi connectivity index (χ3v) is 10.1. The fraction of sp³-hybridized carbons (Fsp3) is 0.542. The molecule has 3 heterocycles. The molecule has 0 unspecified atom stereocenters. The predicted molar refractivity (Wildman–Crippen MR) is 139 cm³/mol. The molecular weight excluding hydrogens is 486 g/mol. The number of likely N-dealkylation sites (tertiary alicyclic amines) is 1. The lowest BCUT2D eigenvalue weighted by Gasteiger charge is -2.27. The molecule has 0 aliphatic carbocycles. The zero-order chi connectivity index (χ0) is 24.8. The van der Waals surface area contributed by atoms with Crippen LogP contribution in [0.1, 0.15) is 37.7 Å². The van der Waals surface area contributed by atoms with E-state index in [1.54, 1.807) is 10.4 Å². The number of hydrogen-bond acceptors (Lipinski definition) is 7. The van der Waals surface area contributed by atoms with Gasteiger partial charge in [0.15, 0.2) is 0 Å². The van der Waals surface area contributed by atoms with Crippen molar-refractivity contribution in [2.24, 2.45) is 5.73 Å². The van der Waals surface area contributed by atoms with Crippen molar-refractivity contribution < 1.29 is 19.6 Å². The first kappa shape index (κ1) is 25.9. The van der Waals surface area contributed by atoms with Gasteiger partial charge in [-0.15, -0.1) is 23.5 Å². The van der Waals surface area contributed by atoms with Crippen LogP contribution in [0.5, 0.6) is 0 Å². The first-order chi connectivity index (χ1) is 16.9. The fourth-order valence-corrected chi connectivity index (χ4v) is 8.08. The third kappa shape index (κ3) is 6.14. The van der Waals surface area contributed by atoms with Crippen molar-refractivity contribution in [3.63, 3.8) is 0 Å². The van der Waals surface area contributed by atoms with Crippen molar-refractivity contribution in [1.82, 2.24) is 20.7 Å². The van der Waals surface area contributed by atoms with Crippen LogP contribution in [0.4, 0.5) is 0 Å². The van der Waals surface area contributed by atoms with E-state index in [1.165, 1.54) is 0 Å². The zero-order valence-electron chi connectivity index (χ0n) is 19.6. The molecule has 2 fully saturated rings. The van der Waals surface area contributed by atoms with Crippen LogP contribution < -0.4 is 16.5 Å². The normalized spacial score (nSPS) is 19.8. The lowest BCUT2D eigenvalue weighted by Crippen LogP contribution is -2.52. The van der Waals surface area contributed by atoms with E-state index in [0.717, 1.165) is 40.8 Å². The predicted octanol–water partition coefficient (Wildman–Crippen LogP) is 2.00. The molecule has 2 aliphatic rings. The van der Waals surface area contributed by atoms with Crippen LogP contribution in [-0.2, 0) is 20.8 Å². The van der Waals surface area contributed by atoms with Crippen LogP contribution in [0.15, 0.2) is 30.5 Å². The maximum atomic E-state index is 13.5. The molecule has 9 nitrogen and oxygen atoms in total.